The number of nitrogens with zero attached hydrogens (tertiary/aromatic N) is 2. The van der Waals surface area contributed by atoms with Crippen LogP contribution in [-0.2, 0) is 13.0 Å². The number of hydrogen-bond acceptors (Lipinski definition) is 2. The van der Waals surface area contributed by atoms with Gasteiger partial charge in [-0.15, -0.1) is 0 Å². The number of hydrogen-bond donors (Lipinski definition) is 1. The van der Waals surface area contributed by atoms with Crippen molar-refractivity contribution in [3.05, 3.63) is 47.0 Å². The van der Waals surface area contributed by atoms with Crippen LogP contribution in [-0.4, -0.2) is 9.55 Å². The van der Waals surface area contributed by atoms with E-state index in [0.29, 0.717) is 11.6 Å². The third kappa shape index (κ3) is 1.84. The fourth-order valence-corrected chi connectivity index (χ4v) is 2.04. The van der Waals surface area contributed by atoms with Gasteiger partial charge in [-0.2, -0.15) is 0 Å². The monoisotopic (exact) mass is 235 g/mol. The third-order valence-electron chi connectivity index (χ3n) is 2.59. The van der Waals surface area contributed by atoms with Crippen molar-refractivity contribution in [2.24, 2.45) is 5.73 Å². The number of aromatic nitrogens is 2. The highest BCUT2D eigenvalue weighted by Crippen LogP contribution is 2.23. The summed E-state index contributed by atoms with van der Waals surface area (Å²) in [6.45, 7) is 2.50. The topological polar surface area (TPSA) is 43.8 Å². The van der Waals surface area contributed by atoms with Gasteiger partial charge in [0, 0.05) is 35.9 Å². The molecule has 0 fully saturated rings. The molecule has 0 saturated carbocycles. The van der Waals surface area contributed by atoms with Gasteiger partial charge in [0.2, 0.25) is 0 Å². The quantitative estimate of drug-likeness (QED) is 0.889. The smallest absolute Gasteiger partial charge is 0.112 e. The number of aryl methyl sites for hydroxylation is 1. The summed E-state index contributed by atoms with van der Waals surface area (Å²) in [4.78, 5) is 4.30. The molecule has 2 aromatic rings. The highest BCUT2D eigenvalue weighted by molar-refractivity contribution is 6.31. The third-order valence-corrected chi connectivity index (χ3v) is 2.95. The lowest BCUT2D eigenvalue weighted by Crippen LogP contribution is -2.07. The fraction of sp³-hybridized carbons (Fsp3) is 0.250. The van der Waals surface area contributed by atoms with Crippen LogP contribution < -0.4 is 5.73 Å². The molecule has 0 atom stereocenters. The molecule has 2 rings (SSSR count). The molecule has 2 N–H and O–H groups in total. The predicted molar refractivity (Wildman–Crippen MR) is 65.8 cm³/mol. The second kappa shape index (κ2) is 4.68. The van der Waals surface area contributed by atoms with Crippen LogP contribution in [0.15, 0.2) is 30.6 Å². The standard InChI is InChI=1S/C12H14ClN3/c1-2-12-15-6-7-16(12)11-5-3-4-10(13)9(11)8-14/h3-7H,2,8,14H2,1H3. The highest BCUT2D eigenvalue weighted by Gasteiger charge is 2.09. The summed E-state index contributed by atoms with van der Waals surface area (Å²) in [5.41, 5.74) is 7.70. The Bertz CT molecular complexity index is 491. The van der Waals surface area contributed by atoms with E-state index in [-0.39, 0.29) is 0 Å². The summed E-state index contributed by atoms with van der Waals surface area (Å²) < 4.78 is 2.04. The molecular formula is C12H14ClN3. The number of benzene rings is 1. The zero-order valence-corrected chi connectivity index (χ0v) is 9.91. The van der Waals surface area contributed by atoms with Crippen LogP contribution in [0.4, 0.5) is 0 Å². The van der Waals surface area contributed by atoms with E-state index in [1.807, 2.05) is 29.0 Å². The van der Waals surface area contributed by atoms with E-state index < -0.39 is 0 Å². The first-order valence-electron chi connectivity index (χ1n) is 5.28. The summed E-state index contributed by atoms with van der Waals surface area (Å²) in [7, 11) is 0. The van der Waals surface area contributed by atoms with Crippen LogP contribution in [0.25, 0.3) is 5.69 Å². The van der Waals surface area contributed by atoms with Crippen LogP contribution in [0.5, 0.6) is 0 Å². The Kier molecular flexibility index (Phi) is 3.27. The summed E-state index contributed by atoms with van der Waals surface area (Å²) in [6, 6.07) is 5.79. The molecule has 0 unspecified atom stereocenters. The number of imidazole rings is 1. The van der Waals surface area contributed by atoms with Crippen molar-refractivity contribution >= 4 is 11.6 Å². The van der Waals surface area contributed by atoms with Gasteiger partial charge >= 0.3 is 0 Å². The van der Waals surface area contributed by atoms with Gasteiger partial charge in [-0.1, -0.05) is 24.6 Å². The molecule has 0 aliphatic rings. The molecule has 0 bridgehead atoms. The molecule has 0 saturated heterocycles. The van der Waals surface area contributed by atoms with Crippen LogP contribution in [0, 0.1) is 0 Å². The number of nitrogens with two attached hydrogens (primary N) is 1. The molecule has 16 heavy (non-hydrogen) atoms. The molecule has 0 aliphatic carbocycles. The predicted octanol–water partition coefficient (Wildman–Crippen LogP) is 2.55. The lowest BCUT2D eigenvalue weighted by molar-refractivity contribution is 0.875. The fourth-order valence-electron chi connectivity index (χ4n) is 1.79. The average Bonchev–Trinajstić information content (AvgIpc) is 2.76. The Hall–Kier alpha value is -1.32. The Labute approximate surface area is 99.9 Å². The molecule has 0 aliphatic heterocycles. The largest absolute Gasteiger partial charge is 0.326 e. The van der Waals surface area contributed by atoms with Crippen molar-refractivity contribution in [3.63, 3.8) is 0 Å². The Morgan fingerprint density at radius 1 is 1.44 bits per heavy atom. The first-order valence-corrected chi connectivity index (χ1v) is 5.65. The number of halogens is 1. The molecule has 1 aromatic carbocycles. The van der Waals surface area contributed by atoms with Crippen LogP contribution in [0.1, 0.15) is 18.3 Å². The summed E-state index contributed by atoms with van der Waals surface area (Å²) in [6.07, 6.45) is 4.60. The van der Waals surface area contributed by atoms with Crippen LogP contribution in [0.3, 0.4) is 0 Å². The second-order valence-corrected chi connectivity index (χ2v) is 3.92. The van der Waals surface area contributed by atoms with E-state index in [2.05, 4.69) is 11.9 Å². The number of rotatable bonds is 3. The Balaban J connectivity index is 2.60. The molecular weight excluding hydrogens is 222 g/mol. The first-order chi connectivity index (χ1) is 7.77. The lowest BCUT2D eigenvalue weighted by atomic mass is 10.1. The molecule has 0 amide bonds. The summed E-state index contributed by atoms with van der Waals surface area (Å²) in [5, 5.41) is 0.704. The minimum absolute atomic E-state index is 0.427. The van der Waals surface area contributed by atoms with E-state index in [0.717, 1.165) is 23.5 Å². The van der Waals surface area contributed by atoms with Gasteiger partial charge < -0.3 is 10.3 Å². The van der Waals surface area contributed by atoms with Crippen molar-refractivity contribution in [1.29, 1.82) is 0 Å². The maximum Gasteiger partial charge on any atom is 0.112 e. The first kappa shape index (κ1) is 11.2. The van der Waals surface area contributed by atoms with Crippen LogP contribution in [0.2, 0.25) is 5.02 Å². The highest BCUT2D eigenvalue weighted by atomic mass is 35.5. The maximum absolute atomic E-state index is 6.13. The van der Waals surface area contributed by atoms with E-state index in [1.54, 1.807) is 6.20 Å². The molecule has 3 nitrogen and oxygen atoms in total. The lowest BCUT2D eigenvalue weighted by Gasteiger charge is -2.12. The SMILES string of the molecule is CCc1nccn1-c1cccc(Cl)c1CN. The van der Waals surface area contributed by atoms with E-state index in [1.165, 1.54) is 0 Å². The maximum atomic E-state index is 6.13. The van der Waals surface area contributed by atoms with Crippen molar-refractivity contribution < 1.29 is 0 Å². The molecule has 1 heterocycles. The van der Waals surface area contributed by atoms with Crippen molar-refractivity contribution in [2.45, 2.75) is 19.9 Å². The van der Waals surface area contributed by atoms with Crippen molar-refractivity contribution in [1.82, 2.24) is 9.55 Å². The van der Waals surface area contributed by atoms with Gasteiger partial charge in [0.25, 0.3) is 0 Å². The zero-order chi connectivity index (χ0) is 11.5. The van der Waals surface area contributed by atoms with Crippen molar-refractivity contribution in [2.75, 3.05) is 0 Å². The zero-order valence-electron chi connectivity index (χ0n) is 9.15. The van der Waals surface area contributed by atoms with Gasteiger partial charge in [0.1, 0.15) is 5.82 Å². The summed E-state index contributed by atoms with van der Waals surface area (Å²) >= 11 is 6.13. The van der Waals surface area contributed by atoms with Crippen molar-refractivity contribution in [3.8, 4) is 5.69 Å². The summed E-state index contributed by atoms with van der Waals surface area (Å²) in [5.74, 6) is 1.01. The van der Waals surface area contributed by atoms with Gasteiger partial charge in [0.05, 0.1) is 5.69 Å². The average molecular weight is 236 g/mol. The Morgan fingerprint density at radius 3 is 2.94 bits per heavy atom. The van der Waals surface area contributed by atoms with Crippen LogP contribution >= 0.6 is 11.6 Å². The Morgan fingerprint density at radius 2 is 2.25 bits per heavy atom. The van der Waals surface area contributed by atoms with Gasteiger partial charge in [-0.25, -0.2) is 4.98 Å². The molecule has 1 aromatic heterocycles. The molecule has 4 heteroatoms. The second-order valence-electron chi connectivity index (χ2n) is 3.51. The minimum Gasteiger partial charge on any atom is -0.326 e. The van der Waals surface area contributed by atoms with Gasteiger partial charge in [-0.3, -0.25) is 0 Å². The van der Waals surface area contributed by atoms with Gasteiger partial charge in [-0.05, 0) is 12.1 Å². The molecule has 0 radical (unpaired) electrons. The van der Waals surface area contributed by atoms with E-state index in [4.69, 9.17) is 17.3 Å². The normalized spacial score (nSPS) is 10.7. The minimum atomic E-state index is 0.427. The molecule has 84 valence electrons. The van der Waals surface area contributed by atoms with E-state index >= 15 is 0 Å². The van der Waals surface area contributed by atoms with E-state index in [9.17, 15) is 0 Å². The van der Waals surface area contributed by atoms with Gasteiger partial charge in [0.15, 0.2) is 0 Å². The molecule has 0 spiro atoms.